The summed E-state index contributed by atoms with van der Waals surface area (Å²) >= 11 is 0. The topological polar surface area (TPSA) is 49.4 Å². The van der Waals surface area contributed by atoms with Gasteiger partial charge in [-0.3, -0.25) is 0 Å². The Bertz CT molecular complexity index is 782. The van der Waals surface area contributed by atoms with E-state index in [0.29, 0.717) is 4.90 Å². The zero-order chi connectivity index (χ0) is 18.0. The van der Waals surface area contributed by atoms with Crippen molar-refractivity contribution in [2.45, 2.75) is 68.3 Å². The molecule has 2 saturated heterocycles. The second-order valence-electron chi connectivity index (χ2n) is 8.63. The second-order valence-corrected chi connectivity index (χ2v) is 15.6. The van der Waals surface area contributed by atoms with Gasteiger partial charge in [-0.15, -0.1) is 4.83 Å². The van der Waals surface area contributed by atoms with Crippen LogP contribution < -0.4 is 4.83 Å². The molecule has 3 rings (SSSR count). The fourth-order valence-electron chi connectivity index (χ4n) is 4.56. The average molecular weight is 365 g/mol. The first-order valence-corrected chi connectivity index (χ1v) is 13.5. The molecule has 2 bridgehead atoms. The van der Waals surface area contributed by atoms with Gasteiger partial charge in [-0.2, -0.15) is 0 Å². The number of benzene rings is 1. The minimum atomic E-state index is -3.59. The summed E-state index contributed by atoms with van der Waals surface area (Å²) in [6, 6.07) is 7.02. The fourth-order valence-corrected chi connectivity index (χ4v) is 8.88. The monoisotopic (exact) mass is 364 g/mol. The molecule has 2 fully saturated rings. The quantitative estimate of drug-likeness (QED) is 0.656. The number of hydrazine groups is 1. The largest absolute Gasteiger partial charge is 0.253 e. The van der Waals surface area contributed by atoms with E-state index in [1.165, 1.54) is 5.57 Å². The molecule has 0 amide bonds. The molecule has 0 aliphatic carbocycles. The van der Waals surface area contributed by atoms with Gasteiger partial charge in [0.2, 0.25) is 0 Å². The maximum absolute atomic E-state index is 13.0. The summed E-state index contributed by atoms with van der Waals surface area (Å²) in [5.74, 6) is 0. The van der Waals surface area contributed by atoms with Crippen LogP contribution in [0.2, 0.25) is 19.6 Å². The van der Waals surface area contributed by atoms with E-state index >= 15 is 0 Å². The number of fused-ring (bicyclic) bond motifs is 2. The van der Waals surface area contributed by atoms with Crippen molar-refractivity contribution < 1.29 is 8.42 Å². The molecule has 0 spiro atoms. The molecule has 1 aromatic carbocycles. The predicted octanol–water partition coefficient (Wildman–Crippen LogP) is 3.62. The van der Waals surface area contributed by atoms with Gasteiger partial charge in [-0.1, -0.05) is 49.5 Å². The van der Waals surface area contributed by atoms with Gasteiger partial charge in [0.05, 0.1) is 13.0 Å². The summed E-state index contributed by atoms with van der Waals surface area (Å²) in [6.07, 6.45) is 2.87. The molecule has 0 radical (unpaired) electrons. The SMILES string of the molecule is C=C1C[C@]2(C)CC[C@@]1([Si](C)(C)C)N2NS(=O)(=O)c1ccc(C)cc1. The Labute approximate surface area is 147 Å². The zero-order valence-corrected chi connectivity index (χ0v) is 17.1. The van der Waals surface area contributed by atoms with Crippen molar-refractivity contribution in [3.8, 4) is 0 Å². The van der Waals surface area contributed by atoms with Crippen LogP contribution in [0.4, 0.5) is 0 Å². The van der Waals surface area contributed by atoms with Crippen molar-refractivity contribution in [3.05, 3.63) is 42.0 Å². The number of aryl methyl sites for hydroxylation is 1. The van der Waals surface area contributed by atoms with Gasteiger partial charge in [0.1, 0.15) is 0 Å². The van der Waals surface area contributed by atoms with Crippen LogP contribution in [0.25, 0.3) is 0 Å². The van der Waals surface area contributed by atoms with Crippen LogP contribution in [-0.4, -0.2) is 32.2 Å². The van der Waals surface area contributed by atoms with Crippen molar-refractivity contribution in [2.24, 2.45) is 0 Å². The molecule has 1 N–H and O–H groups in total. The number of hydrogen-bond acceptors (Lipinski definition) is 3. The number of hydrogen-bond donors (Lipinski definition) is 1. The van der Waals surface area contributed by atoms with Crippen LogP contribution in [0.5, 0.6) is 0 Å². The Morgan fingerprint density at radius 3 is 2.25 bits per heavy atom. The molecule has 6 heteroatoms. The smallest absolute Gasteiger partial charge is 0.217 e. The first-order valence-electron chi connectivity index (χ1n) is 8.50. The normalized spacial score (nSPS) is 31.0. The van der Waals surface area contributed by atoms with Crippen LogP contribution in [0, 0.1) is 6.92 Å². The molecule has 0 aromatic heterocycles. The third-order valence-corrected chi connectivity index (χ3v) is 10.5. The fraction of sp³-hybridized carbons (Fsp3) is 0.556. The van der Waals surface area contributed by atoms with Crippen molar-refractivity contribution in [2.75, 3.05) is 0 Å². The first-order chi connectivity index (χ1) is 10.9. The molecule has 132 valence electrons. The third kappa shape index (κ3) is 2.43. The summed E-state index contributed by atoms with van der Waals surface area (Å²) in [5.41, 5.74) is 2.07. The molecular weight excluding hydrogens is 336 g/mol. The Balaban J connectivity index is 2.02. The molecule has 24 heavy (non-hydrogen) atoms. The highest BCUT2D eigenvalue weighted by atomic mass is 32.2. The summed E-state index contributed by atoms with van der Waals surface area (Å²) in [4.78, 5) is 3.27. The molecule has 0 saturated carbocycles. The lowest BCUT2D eigenvalue weighted by Gasteiger charge is -2.45. The summed E-state index contributed by atoms with van der Waals surface area (Å²) < 4.78 is 25.9. The van der Waals surface area contributed by atoms with Gasteiger partial charge in [0.25, 0.3) is 10.0 Å². The second kappa shape index (κ2) is 5.27. The van der Waals surface area contributed by atoms with Gasteiger partial charge < -0.3 is 0 Å². The lowest BCUT2D eigenvalue weighted by atomic mass is 9.87. The molecule has 4 nitrogen and oxygen atoms in total. The Morgan fingerprint density at radius 1 is 1.17 bits per heavy atom. The Hall–Kier alpha value is -0.953. The number of nitrogens with one attached hydrogen (secondary N) is 1. The zero-order valence-electron chi connectivity index (χ0n) is 15.3. The van der Waals surface area contributed by atoms with E-state index in [1.807, 2.05) is 19.1 Å². The number of rotatable bonds is 4. The lowest BCUT2D eigenvalue weighted by Crippen LogP contribution is -2.65. The minimum Gasteiger partial charge on any atom is -0.217 e. The highest BCUT2D eigenvalue weighted by molar-refractivity contribution is 7.89. The van der Waals surface area contributed by atoms with Crippen LogP contribution in [0.1, 0.15) is 31.7 Å². The van der Waals surface area contributed by atoms with Gasteiger partial charge in [0, 0.05) is 10.7 Å². The van der Waals surface area contributed by atoms with Crippen molar-refractivity contribution in [1.82, 2.24) is 9.84 Å². The van der Waals surface area contributed by atoms with E-state index in [9.17, 15) is 8.42 Å². The number of nitrogens with zero attached hydrogens (tertiary/aromatic N) is 1. The van der Waals surface area contributed by atoms with Gasteiger partial charge in [-0.05, 0) is 45.2 Å². The van der Waals surface area contributed by atoms with Crippen molar-refractivity contribution in [3.63, 3.8) is 0 Å². The first kappa shape index (κ1) is 17.9. The van der Waals surface area contributed by atoms with Crippen LogP contribution in [0.15, 0.2) is 41.3 Å². The summed E-state index contributed by atoms with van der Waals surface area (Å²) in [6.45, 7) is 15.4. The molecule has 2 atom stereocenters. The van der Waals surface area contributed by atoms with Gasteiger partial charge >= 0.3 is 0 Å². The molecule has 2 aliphatic heterocycles. The van der Waals surface area contributed by atoms with Crippen LogP contribution in [-0.2, 0) is 10.0 Å². The molecule has 2 aliphatic rings. The van der Waals surface area contributed by atoms with Gasteiger partial charge in [-0.25, -0.2) is 13.4 Å². The van der Waals surface area contributed by atoms with Crippen LogP contribution >= 0.6 is 0 Å². The van der Waals surface area contributed by atoms with Crippen molar-refractivity contribution >= 4 is 18.1 Å². The highest BCUT2D eigenvalue weighted by Crippen LogP contribution is 2.58. The standard InChI is InChI=1S/C18H28N2O2SSi/c1-14-7-9-16(10-8-14)23(21,22)19-20-17(3)11-12-18(20,15(2)13-17)24(4,5)6/h7-10,19H,2,11-13H2,1,3-6H3/t17-,18-/m0/s1. The molecular formula is C18H28N2O2SSi. The maximum atomic E-state index is 13.0. The van der Waals surface area contributed by atoms with E-state index in [2.05, 4.69) is 43.0 Å². The minimum absolute atomic E-state index is 0.171. The van der Waals surface area contributed by atoms with Crippen LogP contribution in [0.3, 0.4) is 0 Å². The molecule has 1 aromatic rings. The van der Waals surface area contributed by atoms with Crippen molar-refractivity contribution in [1.29, 1.82) is 0 Å². The highest BCUT2D eigenvalue weighted by Gasteiger charge is 2.66. The summed E-state index contributed by atoms with van der Waals surface area (Å²) in [7, 11) is -5.31. The Morgan fingerprint density at radius 2 is 1.75 bits per heavy atom. The molecule has 0 unspecified atom stereocenters. The van der Waals surface area contributed by atoms with Gasteiger partial charge in [0.15, 0.2) is 0 Å². The Kier molecular flexibility index (Phi) is 3.92. The van der Waals surface area contributed by atoms with E-state index < -0.39 is 18.1 Å². The summed E-state index contributed by atoms with van der Waals surface area (Å²) in [5, 5.41) is 1.86. The lowest BCUT2D eigenvalue weighted by molar-refractivity contribution is 0.123. The number of sulfonamides is 1. The average Bonchev–Trinajstić information content (AvgIpc) is 2.83. The third-order valence-electron chi connectivity index (χ3n) is 5.91. The predicted molar refractivity (Wildman–Crippen MR) is 101 cm³/mol. The van der Waals surface area contributed by atoms with E-state index in [-0.39, 0.29) is 10.7 Å². The maximum Gasteiger partial charge on any atom is 0.253 e. The van der Waals surface area contributed by atoms with E-state index in [1.54, 1.807) is 12.1 Å². The van der Waals surface area contributed by atoms with E-state index in [4.69, 9.17) is 0 Å². The van der Waals surface area contributed by atoms with E-state index in [0.717, 1.165) is 24.8 Å². The molecule has 2 heterocycles.